The molecule has 3 N–H and O–H groups in total. The van der Waals surface area contributed by atoms with Gasteiger partial charge in [-0.15, -0.1) is 0 Å². The maximum atomic E-state index is 13.2. The minimum absolute atomic E-state index is 0.0108. The molecular weight excluding hydrogens is 438 g/mol. The van der Waals surface area contributed by atoms with E-state index in [1.807, 2.05) is 18.7 Å². The lowest BCUT2D eigenvalue weighted by Crippen LogP contribution is -2.50. The van der Waals surface area contributed by atoms with Gasteiger partial charge in [0.25, 0.3) is 5.56 Å². The number of amides is 2. The number of carbonyl (C=O) groups is 2. The van der Waals surface area contributed by atoms with E-state index in [4.69, 9.17) is 10.5 Å². The molecule has 1 aliphatic carbocycles. The summed E-state index contributed by atoms with van der Waals surface area (Å²) >= 11 is 0. The summed E-state index contributed by atoms with van der Waals surface area (Å²) in [7, 11) is 1.50. The second kappa shape index (κ2) is 11.7. The average Bonchev–Trinajstić information content (AvgIpc) is 2.81. The zero-order valence-electron chi connectivity index (χ0n) is 20.7. The van der Waals surface area contributed by atoms with Crippen molar-refractivity contribution in [3.8, 4) is 0 Å². The number of nitrogen functional groups attached to an aromatic ring is 1. The molecule has 3 rings (SSSR count). The molecule has 1 saturated carbocycles. The Bertz CT molecular complexity index is 983. The number of nitrogens with two attached hydrogens (primary N) is 1. The summed E-state index contributed by atoms with van der Waals surface area (Å²) in [4.78, 5) is 56.8. The number of nitrogens with one attached hydrogen (secondary N) is 1. The van der Waals surface area contributed by atoms with Gasteiger partial charge in [0.05, 0.1) is 6.61 Å². The van der Waals surface area contributed by atoms with Crippen molar-refractivity contribution in [1.29, 1.82) is 0 Å². The second-order valence-corrected chi connectivity index (χ2v) is 9.88. The predicted octanol–water partition coefficient (Wildman–Crippen LogP) is 1.72. The third-order valence-electron chi connectivity index (χ3n) is 6.97. The fourth-order valence-corrected chi connectivity index (χ4v) is 5.36. The Kier molecular flexibility index (Phi) is 8.93. The summed E-state index contributed by atoms with van der Waals surface area (Å²) in [5, 5.41) is 0. The zero-order valence-corrected chi connectivity index (χ0v) is 20.7. The summed E-state index contributed by atoms with van der Waals surface area (Å²) in [5.41, 5.74) is 4.82. The Hall–Kier alpha value is -2.62. The highest BCUT2D eigenvalue weighted by Gasteiger charge is 2.35. The van der Waals surface area contributed by atoms with E-state index in [1.54, 1.807) is 0 Å². The zero-order chi connectivity index (χ0) is 24.8. The molecule has 0 spiro atoms. The molecule has 1 aromatic heterocycles. The van der Waals surface area contributed by atoms with E-state index in [1.165, 1.54) is 35.8 Å². The molecule has 190 valence electrons. The SMILES string of the molecule is COCCN(C(=O)CCC(=O)N1CCCC2CCCCC21)c1c(N)n(CC(C)C)c(=O)[nH]c1=O. The minimum Gasteiger partial charge on any atom is -0.383 e. The Morgan fingerprint density at radius 1 is 1.15 bits per heavy atom. The Labute approximate surface area is 200 Å². The number of piperidine rings is 1. The molecule has 10 heteroatoms. The first-order valence-electron chi connectivity index (χ1n) is 12.5. The standard InChI is InChI=1S/C24H39N5O5/c1-16(2)15-29-22(25)21(23(32)26-24(29)33)28(13-14-34-3)20(31)11-10-19(30)27-12-6-8-17-7-4-5-9-18(17)27/h16-18H,4-15,25H2,1-3H3,(H,26,32,33). The maximum absolute atomic E-state index is 13.2. The van der Waals surface area contributed by atoms with Gasteiger partial charge < -0.3 is 20.3 Å². The van der Waals surface area contributed by atoms with Crippen LogP contribution < -0.4 is 21.9 Å². The Morgan fingerprint density at radius 2 is 1.85 bits per heavy atom. The first-order valence-corrected chi connectivity index (χ1v) is 12.5. The molecule has 2 fully saturated rings. The molecule has 1 saturated heterocycles. The van der Waals surface area contributed by atoms with Gasteiger partial charge in [0.1, 0.15) is 5.82 Å². The van der Waals surface area contributed by atoms with Gasteiger partial charge in [-0.3, -0.25) is 23.9 Å². The van der Waals surface area contributed by atoms with Crippen molar-refractivity contribution in [2.45, 2.75) is 77.8 Å². The van der Waals surface area contributed by atoms with E-state index in [-0.39, 0.29) is 55.4 Å². The van der Waals surface area contributed by atoms with Crippen LogP contribution in [0.3, 0.4) is 0 Å². The lowest BCUT2D eigenvalue weighted by Gasteiger charge is -2.44. The molecule has 0 radical (unpaired) electrons. The van der Waals surface area contributed by atoms with Crippen molar-refractivity contribution in [2.24, 2.45) is 11.8 Å². The summed E-state index contributed by atoms with van der Waals surface area (Å²) in [6, 6.07) is 0.285. The van der Waals surface area contributed by atoms with Crippen molar-refractivity contribution in [3.63, 3.8) is 0 Å². The minimum atomic E-state index is -0.723. The highest BCUT2D eigenvalue weighted by atomic mass is 16.5. The van der Waals surface area contributed by atoms with Crippen molar-refractivity contribution < 1.29 is 14.3 Å². The van der Waals surface area contributed by atoms with Crippen LogP contribution in [-0.2, 0) is 20.9 Å². The molecule has 0 bridgehead atoms. The highest BCUT2D eigenvalue weighted by molar-refractivity contribution is 5.97. The lowest BCUT2D eigenvalue weighted by atomic mass is 9.78. The molecule has 1 aromatic rings. The fraction of sp³-hybridized carbons (Fsp3) is 0.750. The first kappa shape index (κ1) is 26.0. The smallest absolute Gasteiger partial charge is 0.330 e. The average molecular weight is 478 g/mol. The molecule has 34 heavy (non-hydrogen) atoms. The Balaban J connectivity index is 1.78. The van der Waals surface area contributed by atoms with E-state index < -0.39 is 17.2 Å². The molecule has 2 heterocycles. The Morgan fingerprint density at radius 3 is 2.56 bits per heavy atom. The van der Waals surface area contributed by atoms with Crippen LogP contribution in [0.5, 0.6) is 0 Å². The molecule has 2 aliphatic rings. The van der Waals surface area contributed by atoms with Crippen molar-refractivity contribution in [3.05, 3.63) is 20.8 Å². The van der Waals surface area contributed by atoms with Crippen LogP contribution in [0.2, 0.25) is 0 Å². The number of methoxy groups -OCH3 is 1. The predicted molar refractivity (Wildman–Crippen MR) is 131 cm³/mol. The van der Waals surface area contributed by atoms with Crippen LogP contribution in [0.25, 0.3) is 0 Å². The summed E-state index contributed by atoms with van der Waals surface area (Å²) in [6.45, 7) is 5.16. The number of aromatic amines is 1. The third-order valence-corrected chi connectivity index (χ3v) is 6.97. The van der Waals surface area contributed by atoms with Crippen LogP contribution in [0.4, 0.5) is 11.5 Å². The van der Waals surface area contributed by atoms with E-state index in [9.17, 15) is 19.2 Å². The normalized spacial score (nSPS) is 20.3. The van der Waals surface area contributed by atoms with Gasteiger partial charge in [0, 0.05) is 45.6 Å². The van der Waals surface area contributed by atoms with Crippen LogP contribution >= 0.6 is 0 Å². The number of ether oxygens (including phenoxy) is 1. The van der Waals surface area contributed by atoms with Gasteiger partial charge in [-0.25, -0.2) is 4.79 Å². The number of anilines is 2. The number of carbonyl (C=O) groups excluding carboxylic acids is 2. The summed E-state index contributed by atoms with van der Waals surface area (Å²) in [5.74, 6) is 0.213. The topological polar surface area (TPSA) is 131 Å². The van der Waals surface area contributed by atoms with Gasteiger partial charge in [-0.05, 0) is 37.5 Å². The number of rotatable bonds is 9. The number of aromatic nitrogens is 2. The van der Waals surface area contributed by atoms with Crippen molar-refractivity contribution in [2.75, 3.05) is 37.4 Å². The quantitative estimate of drug-likeness (QED) is 0.557. The number of likely N-dealkylation sites (tertiary alicyclic amines) is 1. The van der Waals surface area contributed by atoms with Gasteiger partial charge in [0.15, 0.2) is 5.69 Å². The van der Waals surface area contributed by atoms with E-state index in [0.717, 1.165) is 25.8 Å². The van der Waals surface area contributed by atoms with Crippen molar-refractivity contribution >= 4 is 23.3 Å². The molecule has 2 atom stereocenters. The largest absolute Gasteiger partial charge is 0.383 e. The van der Waals surface area contributed by atoms with Gasteiger partial charge >= 0.3 is 5.69 Å². The molecule has 2 unspecified atom stereocenters. The van der Waals surface area contributed by atoms with Crippen molar-refractivity contribution in [1.82, 2.24) is 14.5 Å². The van der Waals surface area contributed by atoms with Crippen LogP contribution in [0.1, 0.15) is 65.2 Å². The van der Waals surface area contributed by atoms with Crippen LogP contribution in [0, 0.1) is 11.8 Å². The molecule has 2 amide bonds. The third kappa shape index (κ3) is 5.89. The van der Waals surface area contributed by atoms with Crippen LogP contribution in [-0.4, -0.2) is 59.1 Å². The van der Waals surface area contributed by atoms with E-state index in [0.29, 0.717) is 12.5 Å². The van der Waals surface area contributed by atoms with E-state index in [2.05, 4.69) is 4.98 Å². The summed E-state index contributed by atoms with van der Waals surface area (Å²) in [6.07, 6.45) is 6.79. The maximum Gasteiger partial charge on any atom is 0.330 e. The number of hydrogen-bond acceptors (Lipinski definition) is 6. The number of nitrogens with zero attached hydrogens (tertiary/aromatic N) is 3. The summed E-state index contributed by atoms with van der Waals surface area (Å²) < 4.78 is 6.41. The van der Waals surface area contributed by atoms with Gasteiger partial charge in [-0.2, -0.15) is 0 Å². The number of hydrogen-bond donors (Lipinski definition) is 2. The lowest BCUT2D eigenvalue weighted by molar-refractivity contribution is -0.139. The highest BCUT2D eigenvalue weighted by Crippen LogP contribution is 2.35. The van der Waals surface area contributed by atoms with Gasteiger partial charge in [0.2, 0.25) is 11.8 Å². The monoisotopic (exact) mass is 477 g/mol. The number of H-pyrrole nitrogens is 1. The molecule has 1 aliphatic heterocycles. The first-order chi connectivity index (χ1) is 16.2. The fourth-order valence-electron chi connectivity index (χ4n) is 5.36. The second-order valence-electron chi connectivity index (χ2n) is 9.88. The molecule has 10 nitrogen and oxygen atoms in total. The number of fused-ring (bicyclic) bond motifs is 1. The van der Waals surface area contributed by atoms with Gasteiger partial charge in [-0.1, -0.05) is 26.7 Å². The van der Waals surface area contributed by atoms with E-state index >= 15 is 0 Å². The van der Waals surface area contributed by atoms with Crippen LogP contribution in [0.15, 0.2) is 9.59 Å². The molecule has 0 aromatic carbocycles. The molecular formula is C24H39N5O5.